The van der Waals surface area contributed by atoms with Crippen molar-refractivity contribution in [2.45, 2.75) is 0 Å². The number of halogens is 2. The van der Waals surface area contributed by atoms with E-state index in [-0.39, 0.29) is 16.5 Å². The lowest BCUT2D eigenvalue weighted by molar-refractivity contribution is 0.0699. The van der Waals surface area contributed by atoms with Crippen LogP contribution in [-0.2, 0) is 0 Å². The van der Waals surface area contributed by atoms with Gasteiger partial charge in [0.25, 0.3) is 0 Å². The Kier molecular flexibility index (Phi) is 2.91. The highest BCUT2D eigenvalue weighted by atomic mass is 35.5. The minimum absolute atomic E-state index is 0.119. The van der Waals surface area contributed by atoms with Crippen molar-refractivity contribution in [3.8, 4) is 5.69 Å². The van der Waals surface area contributed by atoms with Gasteiger partial charge in [0.15, 0.2) is 5.15 Å². The Morgan fingerprint density at radius 2 is 1.95 bits per heavy atom. The van der Waals surface area contributed by atoms with Crippen LogP contribution in [0.25, 0.3) is 16.6 Å². The van der Waals surface area contributed by atoms with Gasteiger partial charge in [-0.25, -0.2) is 14.2 Å². The van der Waals surface area contributed by atoms with Gasteiger partial charge in [-0.15, -0.1) is 0 Å². The van der Waals surface area contributed by atoms with Gasteiger partial charge >= 0.3 is 5.97 Å². The van der Waals surface area contributed by atoms with Gasteiger partial charge in [0.2, 0.25) is 0 Å². The summed E-state index contributed by atoms with van der Waals surface area (Å²) in [5.41, 5.74) is 1.21. The van der Waals surface area contributed by atoms with Crippen molar-refractivity contribution in [1.29, 1.82) is 0 Å². The molecule has 0 atom stereocenters. The summed E-state index contributed by atoms with van der Waals surface area (Å²) >= 11 is 6.06. The van der Waals surface area contributed by atoms with Crippen LogP contribution in [0, 0.1) is 5.82 Å². The van der Waals surface area contributed by atoms with Crippen molar-refractivity contribution >= 4 is 28.5 Å². The third-order valence-corrected chi connectivity index (χ3v) is 3.28. The van der Waals surface area contributed by atoms with Crippen LogP contribution in [0.5, 0.6) is 0 Å². The Hall–Kier alpha value is -2.40. The number of nitrogens with zero attached hydrogens (tertiary/aromatic N) is 2. The van der Waals surface area contributed by atoms with Gasteiger partial charge in [-0.3, -0.25) is 0 Å². The molecule has 0 unspecified atom stereocenters. The fourth-order valence-corrected chi connectivity index (χ4v) is 2.36. The molecule has 4 nitrogen and oxygen atoms in total. The fourth-order valence-electron chi connectivity index (χ4n) is 2.11. The normalized spacial score (nSPS) is 10.9. The topological polar surface area (TPSA) is 55.1 Å². The van der Waals surface area contributed by atoms with Crippen LogP contribution in [-0.4, -0.2) is 20.6 Å². The minimum atomic E-state index is -1.06. The van der Waals surface area contributed by atoms with Gasteiger partial charge in [0.05, 0.1) is 11.1 Å². The standard InChI is InChI=1S/C14H8ClFN2O2/c15-13-12-10(5-6-17-13)11(14(19)20)7-18(12)9-3-1-8(16)2-4-9/h1-7H,(H,19,20). The first-order valence-electron chi connectivity index (χ1n) is 5.72. The molecule has 0 aliphatic heterocycles. The Morgan fingerprint density at radius 3 is 2.60 bits per heavy atom. The second kappa shape index (κ2) is 4.61. The van der Waals surface area contributed by atoms with E-state index in [4.69, 9.17) is 11.6 Å². The molecule has 3 rings (SSSR count). The zero-order valence-electron chi connectivity index (χ0n) is 10.0. The molecule has 0 aliphatic rings. The number of fused-ring (bicyclic) bond motifs is 1. The molecule has 0 fully saturated rings. The Morgan fingerprint density at radius 1 is 1.25 bits per heavy atom. The number of benzene rings is 1. The Balaban J connectivity index is 2.35. The first-order valence-corrected chi connectivity index (χ1v) is 6.10. The molecule has 0 aliphatic carbocycles. The molecule has 2 heterocycles. The predicted octanol–water partition coefficient (Wildman–Crippen LogP) is 3.52. The molecule has 0 spiro atoms. The Bertz CT molecular complexity index is 812. The second-order valence-electron chi connectivity index (χ2n) is 4.19. The maximum absolute atomic E-state index is 13.0. The molecule has 2 aromatic heterocycles. The van der Waals surface area contributed by atoms with Crippen molar-refractivity contribution in [2.75, 3.05) is 0 Å². The molecule has 0 bridgehead atoms. The average molecular weight is 291 g/mol. The van der Waals surface area contributed by atoms with Crippen LogP contribution in [0.1, 0.15) is 10.4 Å². The van der Waals surface area contributed by atoms with E-state index >= 15 is 0 Å². The zero-order valence-corrected chi connectivity index (χ0v) is 10.8. The van der Waals surface area contributed by atoms with E-state index < -0.39 is 5.97 Å². The summed E-state index contributed by atoms with van der Waals surface area (Å²) in [5, 5.41) is 9.92. The quantitative estimate of drug-likeness (QED) is 0.735. The third-order valence-electron chi connectivity index (χ3n) is 3.00. The SMILES string of the molecule is O=C(O)c1cn(-c2ccc(F)cc2)c2c(Cl)nccc12. The number of carbonyl (C=O) groups is 1. The third kappa shape index (κ3) is 1.92. The number of aromatic nitrogens is 2. The van der Waals surface area contributed by atoms with Crippen LogP contribution < -0.4 is 0 Å². The summed E-state index contributed by atoms with van der Waals surface area (Å²) in [6, 6.07) is 7.27. The van der Waals surface area contributed by atoms with Crippen LogP contribution in [0.2, 0.25) is 5.15 Å². The molecule has 0 saturated heterocycles. The molecule has 1 N–H and O–H groups in total. The summed E-state index contributed by atoms with van der Waals surface area (Å²) in [5.74, 6) is -1.42. The number of hydrogen-bond acceptors (Lipinski definition) is 2. The number of carboxylic acids is 1. The highest BCUT2D eigenvalue weighted by Gasteiger charge is 2.17. The number of aromatic carboxylic acids is 1. The van der Waals surface area contributed by atoms with E-state index in [1.807, 2.05) is 0 Å². The smallest absolute Gasteiger partial charge is 0.337 e. The summed E-state index contributed by atoms with van der Waals surface area (Å²) < 4.78 is 14.6. The Labute approximate surface area is 118 Å². The molecular weight excluding hydrogens is 283 g/mol. The van der Waals surface area contributed by atoms with Crippen LogP contribution in [0.3, 0.4) is 0 Å². The lowest BCUT2D eigenvalue weighted by atomic mass is 10.2. The van der Waals surface area contributed by atoms with E-state index in [1.54, 1.807) is 22.8 Å². The molecule has 100 valence electrons. The van der Waals surface area contributed by atoms with Crippen molar-refractivity contribution < 1.29 is 14.3 Å². The molecule has 0 amide bonds. The van der Waals surface area contributed by atoms with Gasteiger partial charge in [0, 0.05) is 23.5 Å². The van der Waals surface area contributed by atoms with E-state index in [2.05, 4.69) is 4.98 Å². The first kappa shape index (κ1) is 12.6. The van der Waals surface area contributed by atoms with Crippen molar-refractivity contribution in [3.63, 3.8) is 0 Å². The monoisotopic (exact) mass is 290 g/mol. The lowest BCUT2D eigenvalue weighted by Crippen LogP contribution is -1.95. The molecule has 0 radical (unpaired) electrons. The van der Waals surface area contributed by atoms with E-state index in [0.29, 0.717) is 16.6 Å². The highest BCUT2D eigenvalue weighted by Crippen LogP contribution is 2.29. The number of pyridine rings is 1. The summed E-state index contributed by atoms with van der Waals surface area (Å²) in [6.45, 7) is 0. The van der Waals surface area contributed by atoms with Gasteiger partial charge in [-0.2, -0.15) is 0 Å². The maximum Gasteiger partial charge on any atom is 0.337 e. The van der Waals surface area contributed by atoms with Crippen molar-refractivity contribution in [3.05, 3.63) is 59.3 Å². The highest BCUT2D eigenvalue weighted by molar-refractivity contribution is 6.34. The van der Waals surface area contributed by atoms with E-state index in [9.17, 15) is 14.3 Å². The average Bonchev–Trinajstić information content (AvgIpc) is 2.81. The summed E-state index contributed by atoms with van der Waals surface area (Å²) in [7, 11) is 0. The van der Waals surface area contributed by atoms with Gasteiger partial charge in [0.1, 0.15) is 5.82 Å². The molecule has 1 aromatic carbocycles. The van der Waals surface area contributed by atoms with Crippen LogP contribution in [0.15, 0.2) is 42.7 Å². The first-order chi connectivity index (χ1) is 9.58. The summed E-state index contributed by atoms with van der Waals surface area (Å²) in [6.07, 6.45) is 2.90. The minimum Gasteiger partial charge on any atom is -0.478 e. The van der Waals surface area contributed by atoms with Crippen LogP contribution in [0.4, 0.5) is 4.39 Å². The molecule has 3 aromatic rings. The van der Waals surface area contributed by atoms with Gasteiger partial charge < -0.3 is 9.67 Å². The number of carboxylic acid groups (broad SMARTS) is 1. The maximum atomic E-state index is 13.0. The lowest BCUT2D eigenvalue weighted by Gasteiger charge is -2.05. The zero-order chi connectivity index (χ0) is 14.3. The molecule has 0 saturated carbocycles. The number of hydrogen-bond donors (Lipinski definition) is 1. The predicted molar refractivity (Wildman–Crippen MR) is 73.0 cm³/mol. The van der Waals surface area contributed by atoms with Gasteiger partial charge in [-0.1, -0.05) is 11.6 Å². The van der Waals surface area contributed by atoms with Gasteiger partial charge in [-0.05, 0) is 30.3 Å². The number of rotatable bonds is 2. The molecular formula is C14H8ClFN2O2. The van der Waals surface area contributed by atoms with Crippen molar-refractivity contribution in [1.82, 2.24) is 9.55 Å². The largest absolute Gasteiger partial charge is 0.478 e. The molecule has 6 heteroatoms. The summed E-state index contributed by atoms with van der Waals surface area (Å²) in [4.78, 5) is 15.2. The van der Waals surface area contributed by atoms with E-state index in [0.717, 1.165) is 0 Å². The van der Waals surface area contributed by atoms with Crippen LogP contribution >= 0.6 is 11.6 Å². The second-order valence-corrected chi connectivity index (χ2v) is 4.55. The van der Waals surface area contributed by atoms with Crippen molar-refractivity contribution in [2.24, 2.45) is 0 Å². The molecule has 20 heavy (non-hydrogen) atoms. The fraction of sp³-hybridized carbons (Fsp3) is 0. The van der Waals surface area contributed by atoms with E-state index in [1.165, 1.54) is 24.5 Å².